The summed E-state index contributed by atoms with van der Waals surface area (Å²) < 4.78 is 26.4. The van der Waals surface area contributed by atoms with E-state index < -0.39 is 140 Å². The second kappa shape index (κ2) is 26.7. The van der Waals surface area contributed by atoms with Crippen molar-refractivity contribution in [3.8, 4) is 0 Å². The molecule has 1 aliphatic rings. The van der Waals surface area contributed by atoms with Crippen LogP contribution in [0.5, 0.6) is 0 Å². The van der Waals surface area contributed by atoms with Crippen LogP contribution < -0.4 is 31.9 Å². The summed E-state index contributed by atoms with van der Waals surface area (Å²) in [6, 6.07) is 6.51. The highest BCUT2D eigenvalue weighted by Gasteiger charge is 2.38. The lowest BCUT2D eigenvalue weighted by atomic mass is 9.84. The van der Waals surface area contributed by atoms with E-state index in [1.165, 1.54) is 0 Å². The second-order valence-electron chi connectivity index (χ2n) is 15.8. The van der Waals surface area contributed by atoms with Crippen LogP contribution in [0.15, 0.2) is 60.7 Å². The molecule has 1 saturated carbocycles. The van der Waals surface area contributed by atoms with Gasteiger partial charge in [-0.15, -0.1) is 0 Å². The smallest absolute Gasteiger partial charge is 0.305 e. The van der Waals surface area contributed by atoms with Gasteiger partial charge in [-0.2, -0.15) is 0 Å². The van der Waals surface area contributed by atoms with Crippen molar-refractivity contribution in [2.75, 3.05) is 0 Å². The highest BCUT2D eigenvalue weighted by atomic mass is 19.3. The molecule has 19 nitrogen and oxygen atoms in total. The molecule has 0 heterocycles. The Morgan fingerprint density at radius 1 is 0.600 bits per heavy atom. The van der Waals surface area contributed by atoms with Crippen LogP contribution in [0.1, 0.15) is 101 Å². The van der Waals surface area contributed by atoms with Crippen molar-refractivity contribution < 1.29 is 72.0 Å². The van der Waals surface area contributed by atoms with Crippen molar-refractivity contribution >= 4 is 59.6 Å². The molecule has 354 valence electrons. The molecule has 65 heavy (non-hydrogen) atoms. The van der Waals surface area contributed by atoms with Crippen LogP contribution in [0.3, 0.4) is 0 Å². The monoisotopic (exact) mass is 914 g/mol. The molecule has 0 aromatic heterocycles. The zero-order chi connectivity index (χ0) is 48.1. The molecule has 1 aliphatic carbocycles. The largest absolute Gasteiger partial charge is 0.481 e. The minimum absolute atomic E-state index is 0.0267. The Labute approximate surface area is 373 Å². The topological polar surface area (TPSA) is 304 Å². The molecule has 0 radical (unpaired) electrons. The van der Waals surface area contributed by atoms with Gasteiger partial charge in [-0.3, -0.25) is 43.2 Å². The van der Waals surface area contributed by atoms with E-state index in [1.54, 1.807) is 60.7 Å². The van der Waals surface area contributed by atoms with Crippen LogP contribution >= 0.6 is 0 Å². The Kier molecular flexibility index (Phi) is 21.6. The van der Waals surface area contributed by atoms with Crippen LogP contribution in [0.25, 0.3) is 0 Å². The van der Waals surface area contributed by atoms with E-state index >= 15 is 0 Å². The maximum Gasteiger partial charge on any atom is 0.305 e. The molecule has 21 heteroatoms. The summed E-state index contributed by atoms with van der Waals surface area (Å²) in [7, 11) is 0. The zero-order valence-electron chi connectivity index (χ0n) is 35.7. The van der Waals surface area contributed by atoms with Gasteiger partial charge >= 0.3 is 17.9 Å². The number of carboxylic acids is 3. The summed E-state index contributed by atoms with van der Waals surface area (Å²) >= 11 is 0. The number of aldehydes is 1. The fourth-order valence-corrected chi connectivity index (χ4v) is 7.57. The first-order valence-electron chi connectivity index (χ1n) is 21.2. The molecule has 1 unspecified atom stereocenters. The van der Waals surface area contributed by atoms with Gasteiger partial charge in [0.1, 0.15) is 36.5 Å². The lowest BCUT2D eigenvalue weighted by Gasteiger charge is -2.32. The Morgan fingerprint density at radius 2 is 1.06 bits per heavy atom. The number of alkyl halides is 2. The summed E-state index contributed by atoms with van der Waals surface area (Å²) in [5.74, 6) is -11.6. The van der Waals surface area contributed by atoms with Gasteiger partial charge in [-0.05, 0) is 36.3 Å². The molecular formula is C44H56F2N6O13. The lowest BCUT2D eigenvalue weighted by molar-refractivity contribution is -0.141. The summed E-state index contributed by atoms with van der Waals surface area (Å²) in [6.07, 6.45) is -3.29. The molecule has 2 aromatic rings. The number of carbonyl (C=O) groups is 10. The molecule has 2 aromatic carbocycles. The highest BCUT2D eigenvalue weighted by Crippen LogP contribution is 2.30. The zero-order valence-corrected chi connectivity index (χ0v) is 35.7. The number of nitrogens with one attached hydrogen (secondary N) is 6. The van der Waals surface area contributed by atoms with E-state index in [-0.39, 0.29) is 18.6 Å². The Hall–Kier alpha value is -6.80. The number of carboxylic acid groups (broad SMARTS) is 3. The molecule has 6 atom stereocenters. The van der Waals surface area contributed by atoms with E-state index in [1.807, 2.05) is 0 Å². The van der Waals surface area contributed by atoms with Crippen LogP contribution in [0.4, 0.5) is 8.78 Å². The Morgan fingerprint density at radius 3 is 1.52 bits per heavy atom. The van der Waals surface area contributed by atoms with Crippen LogP contribution in [-0.2, 0) is 47.9 Å². The summed E-state index contributed by atoms with van der Waals surface area (Å²) in [6.45, 7) is 1.02. The SMILES string of the molecule is CC(=O)N[C@@H](CC(=O)O)C(=O)N[C@@H](CCC(=O)O)C(=O)N[C@H](C(=O)N[C@@H](CCC(=O)O)C(=O)N[C@@H](CC1CCCCC1)C(=O)NC(C=O)CC(F)F)C(c1ccccc1)c1ccccc1. The molecule has 3 rings (SSSR count). The average Bonchev–Trinajstić information content (AvgIpc) is 3.25. The van der Waals surface area contributed by atoms with E-state index in [0.29, 0.717) is 24.0 Å². The van der Waals surface area contributed by atoms with Gasteiger partial charge in [0.2, 0.25) is 41.9 Å². The predicted molar refractivity (Wildman–Crippen MR) is 226 cm³/mol. The quantitative estimate of drug-likeness (QED) is 0.0579. The molecular weight excluding hydrogens is 859 g/mol. The molecule has 0 bridgehead atoms. The van der Waals surface area contributed by atoms with Gasteiger partial charge in [0.25, 0.3) is 0 Å². The maximum absolute atomic E-state index is 14.8. The number of hydrogen-bond donors (Lipinski definition) is 9. The van der Waals surface area contributed by atoms with Crippen molar-refractivity contribution in [3.05, 3.63) is 71.8 Å². The Balaban J connectivity index is 2.10. The molecule has 0 saturated heterocycles. The standard InChI is InChI=1S/C44H56F2N6O13/c1-25(54)47-33(23-37(59)60)43(64)49-31(18-20-36(57)58)41(62)52-39(38(27-13-7-3-8-14-27)28-15-9-4-10-16-28)44(65)50-30(17-19-35(55)56)40(61)51-32(21-26-11-5-2-6-12-26)42(63)48-29(24-53)22-34(45)46/h3-4,7-10,13-16,24,26,29-34,38-39H,2,5-6,11-12,17-23H2,1H3,(H,47,54)(H,48,63)(H,49,64)(H,50,65)(H,51,61)(H,52,62)(H,55,56)(H,57,58)(H,59,60)/t29?,30-,31-,32-,33-,39-/m0/s1. The molecule has 0 aliphatic heterocycles. The van der Waals surface area contributed by atoms with Gasteiger partial charge in [0.15, 0.2) is 0 Å². The fourth-order valence-electron chi connectivity index (χ4n) is 7.57. The van der Waals surface area contributed by atoms with Crippen LogP contribution in [-0.4, -0.2) is 118 Å². The van der Waals surface area contributed by atoms with Crippen LogP contribution in [0, 0.1) is 5.92 Å². The number of carbonyl (C=O) groups excluding carboxylic acids is 7. The lowest BCUT2D eigenvalue weighted by Crippen LogP contribution is -2.60. The van der Waals surface area contributed by atoms with E-state index in [2.05, 4.69) is 31.9 Å². The van der Waals surface area contributed by atoms with Gasteiger partial charge in [0, 0.05) is 32.1 Å². The number of aliphatic carboxylic acids is 3. The Bertz CT molecular complexity index is 1910. The van der Waals surface area contributed by atoms with E-state index in [9.17, 15) is 72.0 Å². The third kappa shape index (κ3) is 18.4. The van der Waals surface area contributed by atoms with Crippen molar-refractivity contribution in [2.24, 2.45) is 5.92 Å². The van der Waals surface area contributed by atoms with Crippen molar-refractivity contribution in [1.82, 2.24) is 31.9 Å². The molecule has 9 N–H and O–H groups in total. The molecule has 6 amide bonds. The van der Waals surface area contributed by atoms with Crippen molar-refractivity contribution in [1.29, 1.82) is 0 Å². The normalized spacial score (nSPS) is 15.5. The van der Waals surface area contributed by atoms with E-state index in [4.69, 9.17) is 0 Å². The predicted octanol–water partition coefficient (Wildman–Crippen LogP) is 1.78. The molecule has 0 spiro atoms. The first-order chi connectivity index (χ1) is 30.9. The number of hydrogen-bond acceptors (Lipinski definition) is 10. The number of amides is 6. The third-order valence-corrected chi connectivity index (χ3v) is 10.7. The average molecular weight is 915 g/mol. The summed E-state index contributed by atoms with van der Waals surface area (Å²) in [5, 5.41) is 42.8. The van der Waals surface area contributed by atoms with E-state index in [0.717, 1.165) is 26.2 Å². The van der Waals surface area contributed by atoms with Gasteiger partial charge in [-0.1, -0.05) is 92.8 Å². The van der Waals surface area contributed by atoms with Crippen molar-refractivity contribution in [2.45, 2.75) is 133 Å². The number of benzene rings is 2. The van der Waals surface area contributed by atoms with Crippen LogP contribution in [0.2, 0.25) is 0 Å². The molecule has 1 fully saturated rings. The summed E-state index contributed by atoms with van der Waals surface area (Å²) in [4.78, 5) is 129. The first kappa shape index (κ1) is 52.5. The van der Waals surface area contributed by atoms with Gasteiger partial charge in [0.05, 0.1) is 12.5 Å². The third-order valence-electron chi connectivity index (χ3n) is 10.7. The maximum atomic E-state index is 14.8. The number of rotatable bonds is 27. The second-order valence-corrected chi connectivity index (χ2v) is 15.8. The highest BCUT2D eigenvalue weighted by molar-refractivity contribution is 5.98. The minimum atomic E-state index is -2.95. The number of halogens is 2. The summed E-state index contributed by atoms with van der Waals surface area (Å²) in [5.41, 5.74) is 0.864. The fraction of sp³-hybridized carbons (Fsp3) is 0.500. The minimum Gasteiger partial charge on any atom is -0.481 e. The van der Waals surface area contributed by atoms with Gasteiger partial charge in [-0.25, -0.2) is 8.78 Å². The van der Waals surface area contributed by atoms with Gasteiger partial charge < -0.3 is 52.0 Å². The first-order valence-corrected chi connectivity index (χ1v) is 21.2. The van der Waals surface area contributed by atoms with Crippen molar-refractivity contribution in [3.63, 3.8) is 0 Å².